The highest BCUT2D eigenvalue weighted by Crippen LogP contribution is 2.04. The molecule has 13 N–H and O–H groups in total. The maximum Gasteiger partial charge on any atom is 0.320 e. The molecule has 0 aliphatic heterocycles. The van der Waals surface area contributed by atoms with Crippen LogP contribution in [-0.2, 0) is 14.4 Å². The van der Waals surface area contributed by atoms with Gasteiger partial charge in [0.1, 0.15) is 18.1 Å². The van der Waals surface area contributed by atoms with E-state index in [2.05, 4.69) is 4.99 Å². The summed E-state index contributed by atoms with van der Waals surface area (Å²) in [5, 5.41) is 25.0. The third kappa shape index (κ3) is 21.9. The maximum absolute atomic E-state index is 10.2. The van der Waals surface area contributed by atoms with Crippen molar-refractivity contribution in [2.45, 2.75) is 71.5 Å². The summed E-state index contributed by atoms with van der Waals surface area (Å²) >= 11 is 0. The van der Waals surface area contributed by atoms with Gasteiger partial charge in [-0.1, -0.05) is 34.1 Å². The second kappa shape index (κ2) is 18.6. The Morgan fingerprint density at radius 1 is 0.867 bits per heavy atom. The lowest BCUT2D eigenvalue weighted by atomic mass is 10.0. The molecular weight excluding hydrogens is 396 g/mol. The van der Waals surface area contributed by atoms with E-state index in [0.717, 1.165) is 6.42 Å². The molecule has 0 aliphatic rings. The normalized spacial score (nSPS) is 14.0. The molecule has 0 amide bonds. The number of nitrogens with two attached hydrogens (primary N) is 5. The molecule has 30 heavy (non-hydrogen) atoms. The monoisotopic (exact) mass is 436 g/mol. The first-order valence-electron chi connectivity index (χ1n) is 9.67. The Kier molecular flexibility index (Phi) is 20.0. The summed E-state index contributed by atoms with van der Waals surface area (Å²) in [6.45, 7) is 8.07. The zero-order chi connectivity index (χ0) is 24.4. The molecule has 0 fully saturated rings. The molecular formula is C18H40N6O6. The van der Waals surface area contributed by atoms with E-state index in [-0.39, 0.29) is 11.9 Å². The molecule has 0 aromatic heterocycles. The van der Waals surface area contributed by atoms with Gasteiger partial charge in [-0.25, -0.2) is 0 Å². The van der Waals surface area contributed by atoms with Gasteiger partial charge in [-0.2, -0.15) is 0 Å². The minimum atomic E-state index is -1.00. The molecule has 0 heterocycles. The molecule has 0 aliphatic carbocycles. The standard InChI is InChI=1S/C6H14N4O2.2C6H13NO2/c7-4(5(11)12)2-1-3-10-6(8)9;1-4(2)3-5(7)6(8)9;1-3-4(2)5(7)6(8)9/h4H,1-3,7H2,(H,11,12)(H4,8,9,10);2*4-5H,3,7H2,1-2H3,(H,8,9). The zero-order valence-electron chi connectivity index (χ0n) is 18.3. The SMILES string of the molecule is CC(C)CC(N)C(=O)O.CCC(C)C(N)C(=O)O.NC(N)=NCCCC(N)C(=O)O. The predicted molar refractivity (Wildman–Crippen MR) is 116 cm³/mol. The third-order valence-electron chi connectivity index (χ3n) is 3.87. The Morgan fingerprint density at radius 3 is 1.57 bits per heavy atom. The highest BCUT2D eigenvalue weighted by molar-refractivity contribution is 5.75. The number of hydrogen-bond donors (Lipinski definition) is 8. The van der Waals surface area contributed by atoms with E-state index in [4.69, 9.17) is 44.0 Å². The quantitative estimate of drug-likeness (QED) is 0.114. The lowest BCUT2D eigenvalue weighted by Crippen LogP contribution is -2.36. The van der Waals surface area contributed by atoms with Crippen LogP contribution in [0.4, 0.5) is 0 Å². The highest BCUT2D eigenvalue weighted by atomic mass is 16.4. The van der Waals surface area contributed by atoms with E-state index in [1.807, 2.05) is 27.7 Å². The molecule has 12 heteroatoms. The van der Waals surface area contributed by atoms with Crippen molar-refractivity contribution in [3.63, 3.8) is 0 Å². The number of rotatable bonds is 11. The molecule has 0 rings (SSSR count). The fourth-order valence-corrected chi connectivity index (χ4v) is 1.75. The summed E-state index contributed by atoms with van der Waals surface area (Å²) in [5.74, 6) is -2.38. The van der Waals surface area contributed by atoms with Gasteiger partial charge in [0.05, 0.1) is 0 Å². The van der Waals surface area contributed by atoms with E-state index in [0.29, 0.717) is 31.7 Å². The van der Waals surface area contributed by atoms with Crippen LogP contribution in [0.3, 0.4) is 0 Å². The minimum absolute atomic E-state index is 0.0129. The first-order valence-corrected chi connectivity index (χ1v) is 9.67. The molecule has 0 saturated carbocycles. The Labute approximate surface area is 177 Å². The van der Waals surface area contributed by atoms with Gasteiger partial charge in [-0.3, -0.25) is 19.4 Å². The Morgan fingerprint density at radius 2 is 1.33 bits per heavy atom. The van der Waals surface area contributed by atoms with Crippen LogP contribution in [0.25, 0.3) is 0 Å². The van der Waals surface area contributed by atoms with Crippen LogP contribution in [0, 0.1) is 11.8 Å². The molecule has 0 aromatic carbocycles. The van der Waals surface area contributed by atoms with Crippen molar-refractivity contribution in [1.29, 1.82) is 0 Å². The van der Waals surface area contributed by atoms with Crippen molar-refractivity contribution in [3.05, 3.63) is 0 Å². The van der Waals surface area contributed by atoms with Crippen LogP contribution in [0.5, 0.6) is 0 Å². The van der Waals surface area contributed by atoms with E-state index < -0.39 is 36.0 Å². The number of carboxylic acid groups (broad SMARTS) is 3. The number of nitrogens with zero attached hydrogens (tertiary/aromatic N) is 1. The summed E-state index contributed by atoms with van der Waals surface area (Å²) in [4.78, 5) is 34.2. The molecule has 0 bridgehead atoms. The summed E-state index contributed by atoms with van der Waals surface area (Å²) in [6, 6.07) is -2.21. The van der Waals surface area contributed by atoms with E-state index in [9.17, 15) is 14.4 Å². The molecule has 178 valence electrons. The van der Waals surface area contributed by atoms with Crippen LogP contribution in [0.15, 0.2) is 4.99 Å². The van der Waals surface area contributed by atoms with Crippen molar-refractivity contribution in [3.8, 4) is 0 Å². The van der Waals surface area contributed by atoms with Crippen LogP contribution in [0.2, 0.25) is 0 Å². The van der Waals surface area contributed by atoms with Gasteiger partial charge in [0.25, 0.3) is 0 Å². The second-order valence-corrected chi connectivity index (χ2v) is 7.22. The Bertz CT molecular complexity index is 525. The number of carbonyl (C=O) groups is 3. The topological polar surface area (TPSA) is 254 Å². The largest absolute Gasteiger partial charge is 0.480 e. The lowest BCUT2D eigenvalue weighted by Gasteiger charge is -2.11. The fraction of sp³-hybridized carbons (Fsp3) is 0.778. The van der Waals surface area contributed by atoms with E-state index in [1.165, 1.54) is 0 Å². The number of hydrogen-bond acceptors (Lipinski definition) is 7. The molecule has 4 unspecified atom stereocenters. The summed E-state index contributed by atoms with van der Waals surface area (Å²) in [6.07, 6.45) is 2.32. The van der Waals surface area contributed by atoms with Gasteiger partial charge < -0.3 is 44.0 Å². The van der Waals surface area contributed by atoms with Gasteiger partial charge in [0, 0.05) is 6.54 Å². The van der Waals surface area contributed by atoms with Crippen molar-refractivity contribution in [2.75, 3.05) is 6.54 Å². The van der Waals surface area contributed by atoms with Gasteiger partial charge in [0.15, 0.2) is 5.96 Å². The van der Waals surface area contributed by atoms with Crippen molar-refractivity contribution >= 4 is 23.9 Å². The predicted octanol–water partition coefficient (Wildman–Crippen LogP) is -0.659. The maximum atomic E-state index is 10.2. The minimum Gasteiger partial charge on any atom is -0.480 e. The zero-order valence-corrected chi connectivity index (χ0v) is 18.3. The first kappa shape index (κ1) is 32.2. The average molecular weight is 437 g/mol. The van der Waals surface area contributed by atoms with Gasteiger partial charge in [0.2, 0.25) is 0 Å². The lowest BCUT2D eigenvalue weighted by molar-refractivity contribution is -0.140. The highest BCUT2D eigenvalue weighted by Gasteiger charge is 2.17. The Hall–Kier alpha value is -2.44. The van der Waals surface area contributed by atoms with Gasteiger partial charge in [-0.05, 0) is 31.1 Å². The van der Waals surface area contributed by atoms with E-state index in [1.54, 1.807) is 0 Å². The summed E-state index contributed by atoms with van der Waals surface area (Å²) < 4.78 is 0. The molecule has 4 atom stereocenters. The molecule has 0 saturated heterocycles. The van der Waals surface area contributed by atoms with Crippen LogP contribution >= 0.6 is 0 Å². The van der Waals surface area contributed by atoms with Crippen LogP contribution in [0.1, 0.15) is 53.4 Å². The molecule has 0 aromatic rings. The van der Waals surface area contributed by atoms with Crippen molar-refractivity contribution in [1.82, 2.24) is 0 Å². The first-order chi connectivity index (χ1) is 13.7. The summed E-state index contributed by atoms with van der Waals surface area (Å²) in [5.41, 5.74) is 25.8. The molecule has 0 spiro atoms. The summed E-state index contributed by atoms with van der Waals surface area (Å²) in [7, 11) is 0. The van der Waals surface area contributed by atoms with Crippen molar-refractivity contribution in [2.24, 2.45) is 45.5 Å². The van der Waals surface area contributed by atoms with E-state index >= 15 is 0 Å². The van der Waals surface area contributed by atoms with Crippen LogP contribution < -0.4 is 28.7 Å². The Balaban J connectivity index is -0.000000371. The van der Waals surface area contributed by atoms with Gasteiger partial charge >= 0.3 is 17.9 Å². The molecule has 12 nitrogen and oxygen atoms in total. The van der Waals surface area contributed by atoms with Gasteiger partial charge in [-0.15, -0.1) is 0 Å². The fourth-order valence-electron chi connectivity index (χ4n) is 1.75. The number of carboxylic acids is 3. The number of aliphatic carboxylic acids is 3. The second-order valence-electron chi connectivity index (χ2n) is 7.22. The molecule has 0 radical (unpaired) electrons. The number of guanidine groups is 1. The average Bonchev–Trinajstić information content (AvgIpc) is 2.63. The smallest absolute Gasteiger partial charge is 0.320 e. The van der Waals surface area contributed by atoms with Crippen molar-refractivity contribution < 1.29 is 29.7 Å². The third-order valence-corrected chi connectivity index (χ3v) is 3.87. The van der Waals surface area contributed by atoms with Crippen LogP contribution in [-0.4, -0.2) is 63.9 Å². The number of aliphatic imine (C=N–C) groups is 1.